The molecule has 0 atom stereocenters. The molecule has 1 N–H and O–H groups in total. The van der Waals surface area contributed by atoms with E-state index in [-0.39, 0.29) is 0 Å². The van der Waals surface area contributed by atoms with Crippen LogP contribution in [0.5, 0.6) is 0 Å². The number of likely N-dealkylation sites (tertiary alicyclic amines) is 1. The van der Waals surface area contributed by atoms with Crippen LogP contribution in [0.4, 0.5) is 0 Å². The van der Waals surface area contributed by atoms with Crippen LogP contribution in [0.15, 0.2) is 4.99 Å². The minimum atomic E-state index is 0.399. The number of unbranched alkanes of at least 4 members (excludes halogenated alkanes) is 2. The maximum absolute atomic E-state index is 5.89. The Kier molecular flexibility index (Phi) is 10.3. The summed E-state index contributed by atoms with van der Waals surface area (Å²) < 4.78 is 10.9. The lowest BCUT2D eigenvalue weighted by molar-refractivity contribution is 0.00991. The molecule has 1 aliphatic rings. The molecule has 0 radical (unpaired) electrons. The third kappa shape index (κ3) is 7.67. The van der Waals surface area contributed by atoms with E-state index in [1.165, 1.54) is 19.3 Å². The van der Waals surface area contributed by atoms with Crippen molar-refractivity contribution in [3.63, 3.8) is 0 Å². The van der Waals surface area contributed by atoms with Crippen molar-refractivity contribution in [3.8, 4) is 0 Å². The smallest absolute Gasteiger partial charge is 0.193 e. The Morgan fingerprint density at radius 3 is 2.57 bits per heavy atom. The lowest BCUT2D eigenvalue weighted by atomic mass is 10.1. The van der Waals surface area contributed by atoms with E-state index in [4.69, 9.17) is 9.47 Å². The van der Waals surface area contributed by atoms with Gasteiger partial charge in [-0.05, 0) is 25.7 Å². The van der Waals surface area contributed by atoms with Crippen LogP contribution in [0.3, 0.4) is 0 Å². The molecule has 1 saturated heterocycles. The summed E-state index contributed by atoms with van der Waals surface area (Å²) in [6, 6.07) is 0. The average molecular weight is 299 g/mol. The molecule has 0 spiro atoms. The number of rotatable bonds is 9. The van der Waals surface area contributed by atoms with E-state index in [1.54, 1.807) is 7.11 Å². The zero-order valence-electron chi connectivity index (χ0n) is 14.1. The number of guanidine groups is 1. The van der Waals surface area contributed by atoms with Crippen LogP contribution in [-0.4, -0.2) is 64.0 Å². The predicted molar refractivity (Wildman–Crippen MR) is 87.9 cm³/mol. The van der Waals surface area contributed by atoms with Crippen molar-refractivity contribution in [2.24, 2.45) is 4.99 Å². The quantitative estimate of drug-likeness (QED) is 0.403. The summed E-state index contributed by atoms with van der Waals surface area (Å²) in [6.45, 7) is 6.90. The fourth-order valence-corrected chi connectivity index (χ4v) is 2.60. The maximum Gasteiger partial charge on any atom is 0.193 e. The summed E-state index contributed by atoms with van der Waals surface area (Å²) in [5, 5.41) is 3.47. The standard InChI is InChI=1S/C16H33N3O2/c1-4-5-6-10-18-16(17-2)19-11-8-15(9-12-19)21-14-7-13-20-3/h15H,4-14H2,1-3H3,(H,17,18). The van der Waals surface area contributed by atoms with Gasteiger partial charge in [-0.25, -0.2) is 0 Å². The van der Waals surface area contributed by atoms with E-state index in [2.05, 4.69) is 22.1 Å². The number of aliphatic imine (C=N–C) groups is 1. The first-order valence-electron chi connectivity index (χ1n) is 8.38. The molecule has 0 amide bonds. The monoisotopic (exact) mass is 299 g/mol. The van der Waals surface area contributed by atoms with E-state index in [0.717, 1.165) is 58.1 Å². The maximum atomic E-state index is 5.89. The van der Waals surface area contributed by atoms with E-state index in [1.807, 2.05) is 7.05 Å². The highest BCUT2D eigenvalue weighted by Gasteiger charge is 2.21. The van der Waals surface area contributed by atoms with Crippen LogP contribution in [0.25, 0.3) is 0 Å². The van der Waals surface area contributed by atoms with Crippen molar-refractivity contribution in [3.05, 3.63) is 0 Å². The van der Waals surface area contributed by atoms with Gasteiger partial charge in [0, 0.05) is 47.0 Å². The lowest BCUT2D eigenvalue weighted by Gasteiger charge is -2.34. The Morgan fingerprint density at radius 1 is 1.19 bits per heavy atom. The van der Waals surface area contributed by atoms with Crippen LogP contribution in [0, 0.1) is 0 Å². The second-order valence-electron chi connectivity index (χ2n) is 5.58. The molecule has 1 rings (SSSR count). The number of ether oxygens (including phenoxy) is 2. The predicted octanol–water partition coefficient (Wildman–Crippen LogP) is 2.27. The second-order valence-corrected chi connectivity index (χ2v) is 5.58. The second kappa shape index (κ2) is 11.8. The Hall–Kier alpha value is -0.810. The van der Waals surface area contributed by atoms with Crippen LogP contribution in [0.2, 0.25) is 0 Å². The third-order valence-corrected chi connectivity index (χ3v) is 3.86. The number of nitrogens with zero attached hydrogens (tertiary/aromatic N) is 2. The summed E-state index contributed by atoms with van der Waals surface area (Å²) in [5.74, 6) is 1.05. The molecule has 0 aromatic heterocycles. The van der Waals surface area contributed by atoms with Gasteiger partial charge < -0.3 is 19.7 Å². The van der Waals surface area contributed by atoms with Gasteiger partial charge in [-0.3, -0.25) is 4.99 Å². The highest BCUT2D eigenvalue weighted by Crippen LogP contribution is 2.14. The Labute approximate surface area is 130 Å². The molecule has 1 heterocycles. The molecule has 1 aliphatic heterocycles. The van der Waals surface area contributed by atoms with Crippen molar-refractivity contribution in [2.45, 2.75) is 51.6 Å². The zero-order chi connectivity index (χ0) is 15.3. The number of hydrogen-bond acceptors (Lipinski definition) is 3. The Bertz CT molecular complexity index is 277. The molecule has 5 nitrogen and oxygen atoms in total. The van der Waals surface area contributed by atoms with Gasteiger partial charge in [0.1, 0.15) is 0 Å². The molecule has 5 heteroatoms. The molecule has 0 bridgehead atoms. The molecular formula is C16H33N3O2. The highest BCUT2D eigenvalue weighted by molar-refractivity contribution is 5.79. The number of piperidine rings is 1. The normalized spacial score (nSPS) is 17.3. The zero-order valence-corrected chi connectivity index (χ0v) is 14.1. The summed E-state index contributed by atoms with van der Waals surface area (Å²) in [7, 11) is 3.60. The van der Waals surface area contributed by atoms with Crippen LogP contribution in [0.1, 0.15) is 45.4 Å². The van der Waals surface area contributed by atoms with Crippen molar-refractivity contribution in [1.29, 1.82) is 0 Å². The van der Waals surface area contributed by atoms with Crippen molar-refractivity contribution < 1.29 is 9.47 Å². The van der Waals surface area contributed by atoms with Crippen molar-refractivity contribution in [1.82, 2.24) is 10.2 Å². The summed E-state index contributed by atoms with van der Waals surface area (Å²) >= 11 is 0. The fourth-order valence-electron chi connectivity index (χ4n) is 2.60. The van der Waals surface area contributed by atoms with Gasteiger partial charge in [-0.2, -0.15) is 0 Å². The van der Waals surface area contributed by atoms with Crippen LogP contribution < -0.4 is 5.32 Å². The fraction of sp³-hybridized carbons (Fsp3) is 0.938. The molecule has 21 heavy (non-hydrogen) atoms. The van der Waals surface area contributed by atoms with Crippen LogP contribution in [-0.2, 0) is 9.47 Å². The van der Waals surface area contributed by atoms with Crippen LogP contribution >= 0.6 is 0 Å². The van der Waals surface area contributed by atoms with Gasteiger partial charge in [-0.1, -0.05) is 19.8 Å². The summed E-state index contributed by atoms with van der Waals surface area (Å²) in [5.41, 5.74) is 0. The molecule has 0 aliphatic carbocycles. The lowest BCUT2D eigenvalue weighted by Crippen LogP contribution is -2.47. The average Bonchev–Trinajstić information content (AvgIpc) is 2.53. The highest BCUT2D eigenvalue weighted by atomic mass is 16.5. The van der Waals surface area contributed by atoms with Gasteiger partial charge in [0.2, 0.25) is 0 Å². The summed E-state index contributed by atoms with van der Waals surface area (Å²) in [6.07, 6.45) is 7.31. The molecule has 1 fully saturated rings. The molecule has 0 unspecified atom stereocenters. The van der Waals surface area contributed by atoms with Gasteiger partial charge in [0.05, 0.1) is 6.10 Å². The van der Waals surface area contributed by atoms with E-state index in [0.29, 0.717) is 6.10 Å². The first-order valence-corrected chi connectivity index (χ1v) is 8.38. The number of hydrogen-bond donors (Lipinski definition) is 1. The summed E-state index contributed by atoms with van der Waals surface area (Å²) in [4.78, 5) is 6.74. The van der Waals surface area contributed by atoms with Crippen molar-refractivity contribution in [2.75, 3.05) is 47.0 Å². The Morgan fingerprint density at radius 2 is 1.95 bits per heavy atom. The minimum absolute atomic E-state index is 0.399. The third-order valence-electron chi connectivity index (χ3n) is 3.86. The number of nitrogens with one attached hydrogen (secondary N) is 1. The molecular weight excluding hydrogens is 266 g/mol. The molecule has 0 aromatic carbocycles. The first-order chi connectivity index (χ1) is 10.3. The first kappa shape index (κ1) is 18.2. The van der Waals surface area contributed by atoms with Gasteiger partial charge in [0.25, 0.3) is 0 Å². The molecule has 124 valence electrons. The SMILES string of the molecule is CCCCCNC(=NC)N1CCC(OCCCOC)CC1. The largest absolute Gasteiger partial charge is 0.385 e. The topological polar surface area (TPSA) is 46.1 Å². The van der Waals surface area contributed by atoms with E-state index < -0.39 is 0 Å². The van der Waals surface area contributed by atoms with Gasteiger partial charge in [-0.15, -0.1) is 0 Å². The van der Waals surface area contributed by atoms with Gasteiger partial charge in [0.15, 0.2) is 5.96 Å². The van der Waals surface area contributed by atoms with E-state index in [9.17, 15) is 0 Å². The minimum Gasteiger partial charge on any atom is -0.385 e. The van der Waals surface area contributed by atoms with Gasteiger partial charge >= 0.3 is 0 Å². The molecule has 0 aromatic rings. The Balaban J connectivity index is 2.17. The van der Waals surface area contributed by atoms with E-state index >= 15 is 0 Å². The number of methoxy groups -OCH3 is 1. The molecule has 0 saturated carbocycles. The van der Waals surface area contributed by atoms with Crippen molar-refractivity contribution >= 4 is 5.96 Å².